The lowest BCUT2D eigenvalue weighted by molar-refractivity contribution is -0.142. The number of ether oxygens (including phenoxy) is 1. The van der Waals surface area contributed by atoms with E-state index in [4.69, 9.17) is 14.2 Å². The van der Waals surface area contributed by atoms with Gasteiger partial charge in [-0.3, -0.25) is 4.99 Å². The highest BCUT2D eigenvalue weighted by Crippen LogP contribution is 2.36. The molecule has 0 unspecified atom stereocenters. The zero-order valence-corrected chi connectivity index (χ0v) is 18.7. The van der Waals surface area contributed by atoms with Gasteiger partial charge in [0.1, 0.15) is 0 Å². The Morgan fingerprint density at radius 1 is 0.964 bits per heavy atom. The number of hydrogen-bond donors (Lipinski definition) is 0. The Labute approximate surface area is 169 Å². The molecule has 2 aromatic carbocycles. The van der Waals surface area contributed by atoms with Crippen molar-refractivity contribution in [1.29, 1.82) is 0 Å². The highest BCUT2D eigenvalue weighted by Gasteiger charge is 2.38. The van der Waals surface area contributed by atoms with Crippen molar-refractivity contribution < 1.29 is 14.0 Å². The quantitative estimate of drug-likeness (QED) is 0.371. The van der Waals surface area contributed by atoms with Gasteiger partial charge in [0.05, 0.1) is 19.4 Å². The van der Waals surface area contributed by atoms with Crippen LogP contribution in [0.3, 0.4) is 0 Å². The molecule has 0 aliphatic carbocycles. The van der Waals surface area contributed by atoms with Gasteiger partial charge in [-0.25, -0.2) is 4.79 Å². The third-order valence-corrected chi connectivity index (χ3v) is 9.76. The van der Waals surface area contributed by atoms with Gasteiger partial charge < -0.3 is 9.16 Å². The van der Waals surface area contributed by atoms with E-state index in [0.717, 1.165) is 16.8 Å². The largest absolute Gasteiger partial charge is 0.467 e. The lowest BCUT2D eigenvalue weighted by atomic mass is 10.0. The van der Waals surface area contributed by atoms with Crippen LogP contribution in [0.15, 0.2) is 65.7 Å². The van der Waals surface area contributed by atoms with Crippen LogP contribution < -0.4 is 0 Å². The maximum Gasteiger partial charge on any atom is 0.332 e. The molecule has 0 aliphatic heterocycles. The predicted octanol–water partition coefficient (Wildman–Crippen LogP) is 5.09. The molecular formula is C23H31NO3Si. The minimum Gasteiger partial charge on any atom is -0.467 e. The molecule has 4 nitrogen and oxygen atoms in total. The Balaban J connectivity index is 2.42. The van der Waals surface area contributed by atoms with Crippen LogP contribution in [0, 0.1) is 0 Å². The summed E-state index contributed by atoms with van der Waals surface area (Å²) in [7, 11) is -0.622. The Morgan fingerprint density at radius 2 is 1.43 bits per heavy atom. The molecule has 150 valence electrons. The van der Waals surface area contributed by atoms with Crippen molar-refractivity contribution in [2.75, 3.05) is 13.7 Å². The molecule has 0 N–H and O–H groups in total. The molecule has 0 saturated carbocycles. The Bertz CT molecular complexity index is 754. The highest BCUT2D eigenvalue weighted by atomic mass is 28.4. The van der Waals surface area contributed by atoms with E-state index in [1.807, 2.05) is 60.7 Å². The normalized spacial score (nSPS) is 12.9. The summed E-state index contributed by atoms with van der Waals surface area (Å²) in [6.45, 7) is 11.1. The van der Waals surface area contributed by atoms with E-state index in [1.165, 1.54) is 7.11 Å². The second-order valence-electron chi connectivity index (χ2n) is 8.32. The summed E-state index contributed by atoms with van der Waals surface area (Å²) in [6.07, 6.45) is 0. The standard InChI is InChI=1S/C23H31NO3Si/c1-23(2,3)28(5,6)27-17-20(22(25)26-4)24-21(18-13-9-7-10-14-18)19-15-11-8-12-16-19/h7-16,20H,17H2,1-6H3/t20-/m0/s1. The maximum atomic E-state index is 12.5. The van der Waals surface area contributed by atoms with Gasteiger partial charge in [-0.15, -0.1) is 0 Å². The topological polar surface area (TPSA) is 47.9 Å². The molecular weight excluding hydrogens is 366 g/mol. The molecule has 0 amide bonds. The summed E-state index contributed by atoms with van der Waals surface area (Å²) >= 11 is 0. The third-order valence-electron chi connectivity index (χ3n) is 5.26. The van der Waals surface area contributed by atoms with Gasteiger partial charge in [-0.05, 0) is 18.1 Å². The van der Waals surface area contributed by atoms with Gasteiger partial charge in [0, 0.05) is 11.1 Å². The summed E-state index contributed by atoms with van der Waals surface area (Å²) in [6, 6.07) is 19.1. The molecule has 0 bridgehead atoms. The first kappa shape index (κ1) is 22.1. The molecule has 2 aromatic rings. The van der Waals surface area contributed by atoms with Gasteiger partial charge in [-0.1, -0.05) is 81.4 Å². The molecule has 5 heteroatoms. The zero-order chi connectivity index (χ0) is 20.8. The van der Waals surface area contributed by atoms with Crippen LogP contribution in [-0.4, -0.2) is 39.8 Å². The van der Waals surface area contributed by atoms with E-state index in [1.54, 1.807) is 0 Å². The first-order valence-corrected chi connectivity index (χ1v) is 12.5. The fourth-order valence-corrected chi connectivity index (χ4v) is 3.47. The van der Waals surface area contributed by atoms with Crippen LogP contribution in [0.2, 0.25) is 18.1 Å². The van der Waals surface area contributed by atoms with Crippen molar-refractivity contribution in [2.45, 2.75) is 44.9 Å². The van der Waals surface area contributed by atoms with Gasteiger partial charge in [0.15, 0.2) is 14.4 Å². The smallest absolute Gasteiger partial charge is 0.332 e. The summed E-state index contributed by atoms with van der Waals surface area (Å²) in [5, 5.41) is 0.0546. The van der Waals surface area contributed by atoms with Gasteiger partial charge in [-0.2, -0.15) is 0 Å². The van der Waals surface area contributed by atoms with E-state index in [-0.39, 0.29) is 17.6 Å². The second kappa shape index (κ2) is 9.30. The molecule has 0 aliphatic rings. The first-order chi connectivity index (χ1) is 13.2. The third kappa shape index (κ3) is 5.63. The first-order valence-electron chi connectivity index (χ1n) is 9.56. The Hall–Kier alpha value is -2.24. The lowest BCUT2D eigenvalue weighted by Crippen LogP contribution is -2.43. The summed E-state index contributed by atoms with van der Waals surface area (Å²) in [5.74, 6) is -0.386. The molecule has 0 saturated heterocycles. The fraction of sp³-hybridized carbons (Fsp3) is 0.391. The van der Waals surface area contributed by atoms with Crippen molar-refractivity contribution in [3.05, 3.63) is 71.8 Å². The number of carbonyl (C=O) groups is 1. The second-order valence-corrected chi connectivity index (χ2v) is 13.1. The highest BCUT2D eigenvalue weighted by molar-refractivity contribution is 6.74. The Morgan fingerprint density at radius 3 is 1.82 bits per heavy atom. The van der Waals surface area contributed by atoms with Crippen LogP contribution in [0.1, 0.15) is 31.9 Å². The van der Waals surface area contributed by atoms with Crippen LogP contribution in [0.25, 0.3) is 0 Å². The van der Waals surface area contributed by atoms with Crippen molar-refractivity contribution in [3.8, 4) is 0 Å². The summed E-state index contributed by atoms with van der Waals surface area (Å²) in [5.41, 5.74) is 2.67. The average Bonchev–Trinajstić information content (AvgIpc) is 2.68. The van der Waals surface area contributed by atoms with E-state index >= 15 is 0 Å². The molecule has 1 atom stereocenters. The van der Waals surface area contributed by atoms with Crippen molar-refractivity contribution >= 4 is 20.0 Å². The number of aliphatic imine (C=N–C) groups is 1. The minimum atomic E-state index is -2.01. The number of benzene rings is 2. The molecule has 28 heavy (non-hydrogen) atoms. The van der Waals surface area contributed by atoms with Crippen molar-refractivity contribution in [3.63, 3.8) is 0 Å². The van der Waals surface area contributed by atoms with Crippen LogP contribution >= 0.6 is 0 Å². The minimum absolute atomic E-state index is 0.0546. The number of esters is 1. The van der Waals surface area contributed by atoms with Gasteiger partial charge in [0.25, 0.3) is 0 Å². The lowest BCUT2D eigenvalue weighted by Gasteiger charge is -2.36. The summed E-state index contributed by atoms with van der Waals surface area (Å²) < 4.78 is 11.3. The monoisotopic (exact) mass is 397 g/mol. The van der Waals surface area contributed by atoms with Gasteiger partial charge in [0.2, 0.25) is 0 Å². The van der Waals surface area contributed by atoms with Crippen LogP contribution in [0.5, 0.6) is 0 Å². The van der Waals surface area contributed by atoms with E-state index in [0.29, 0.717) is 0 Å². The number of carbonyl (C=O) groups excluding carboxylic acids is 1. The van der Waals surface area contributed by atoms with E-state index in [2.05, 4.69) is 33.9 Å². The van der Waals surface area contributed by atoms with Crippen LogP contribution in [0.4, 0.5) is 0 Å². The zero-order valence-electron chi connectivity index (χ0n) is 17.7. The predicted molar refractivity (Wildman–Crippen MR) is 117 cm³/mol. The molecule has 2 rings (SSSR count). The Kier molecular flexibility index (Phi) is 7.33. The van der Waals surface area contributed by atoms with E-state index in [9.17, 15) is 4.79 Å². The molecule has 0 aromatic heterocycles. The fourth-order valence-electron chi connectivity index (χ4n) is 2.46. The number of methoxy groups -OCH3 is 1. The number of nitrogens with zero attached hydrogens (tertiary/aromatic N) is 1. The molecule has 0 fully saturated rings. The van der Waals surface area contributed by atoms with Gasteiger partial charge >= 0.3 is 5.97 Å². The van der Waals surface area contributed by atoms with Crippen molar-refractivity contribution in [1.82, 2.24) is 0 Å². The molecule has 0 radical (unpaired) electrons. The number of hydrogen-bond acceptors (Lipinski definition) is 4. The molecule has 0 heterocycles. The number of rotatable bonds is 7. The van der Waals surface area contributed by atoms with Crippen molar-refractivity contribution in [2.24, 2.45) is 4.99 Å². The maximum absolute atomic E-state index is 12.5. The summed E-state index contributed by atoms with van der Waals surface area (Å²) in [4.78, 5) is 17.3. The SMILES string of the molecule is COC(=O)[C@H](CO[Si](C)(C)C(C)(C)C)N=C(c1ccccc1)c1ccccc1. The van der Waals surface area contributed by atoms with Crippen LogP contribution in [-0.2, 0) is 14.0 Å². The van der Waals surface area contributed by atoms with E-state index < -0.39 is 14.4 Å². The molecule has 0 spiro atoms. The average molecular weight is 398 g/mol.